The van der Waals surface area contributed by atoms with Gasteiger partial charge in [0.05, 0.1) is 12.6 Å². The maximum absolute atomic E-state index is 11.0. The first-order valence-electron chi connectivity index (χ1n) is 7.30. The van der Waals surface area contributed by atoms with Gasteiger partial charge in [-0.1, -0.05) is 43.3 Å². The predicted molar refractivity (Wildman–Crippen MR) is 83.6 cm³/mol. The lowest BCUT2D eigenvalue weighted by Gasteiger charge is -2.04. The molecule has 1 aromatic rings. The van der Waals surface area contributed by atoms with Gasteiger partial charge in [0.2, 0.25) is 5.91 Å². The van der Waals surface area contributed by atoms with Crippen LogP contribution in [0.2, 0.25) is 0 Å². The van der Waals surface area contributed by atoms with Gasteiger partial charge in [-0.25, -0.2) is 5.48 Å². The Labute approximate surface area is 131 Å². The number of benzene rings is 1. The van der Waals surface area contributed by atoms with Crippen molar-refractivity contribution >= 4 is 11.9 Å². The van der Waals surface area contributed by atoms with Crippen LogP contribution in [0.15, 0.2) is 42.0 Å². The highest BCUT2D eigenvalue weighted by Gasteiger charge is 1.98. The van der Waals surface area contributed by atoms with E-state index in [0.29, 0.717) is 13.0 Å². The highest BCUT2D eigenvalue weighted by atomic mass is 16.6. The number of hydrogen-bond acceptors (Lipinski definition) is 4. The van der Waals surface area contributed by atoms with Gasteiger partial charge in [0.25, 0.3) is 0 Å². The zero-order chi connectivity index (χ0) is 16.8. The SMILES string of the molecule is C/C=C(\C)C(=O)[O-].CCCC(=O)NOCCc1ccccc1. The molecule has 1 aromatic carbocycles. The van der Waals surface area contributed by atoms with E-state index < -0.39 is 5.97 Å². The van der Waals surface area contributed by atoms with Gasteiger partial charge in [-0.15, -0.1) is 0 Å². The van der Waals surface area contributed by atoms with E-state index in [4.69, 9.17) is 4.84 Å². The molecule has 0 saturated heterocycles. The Morgan fingerprint density at radius 2 is 1.91 bits per heavy atom. The molecule has 0 fully saturated rings. The second-order valence-electron chi connectivity index (χ2n) is 4.62. The lowest BCUT2D eigenvalue weighted by Crippen LogP contribution is -2.24. The molecule has 0 spiro atoms. The summed E-state index contributed by atoms with van der Waals surface area (Å²) >= 11 is 0. The van der Waals surface area contributed by atoms with Crippen molar-refractivity contribution in [2.24, 2.45) is 0 Å². The van der Waals surface area contributed by atoms with Gasteiger partial charge in [-0.3, -0.25) is 9.63 Å². The summed E-state index contributed by atoms with van der Waals surface area (Å²) in [6.45, 7) is 5.63. The van der Waals surface area contributed by atoms with E-state index in [1.807, 2.05) is 37.3 Å². The third kappa shape index (κ3) is 10.6. The maximum Gasteiger partial charge on any atom is 0.243 e. The number of amides is 1. The summed E-state index contributed by atoms with van der Waals surface area (Å²) in [6, 6.07) is 10.0. The van der Waals surface area contributed by atoms with Crippen molar-refractivity contribution in [3.05, 3.63) is 47.5 Å². The molecule has 1 amide bonds. The molecule has 0 atom stereocenters. The molecule has 1 N–H and O–H groups in total. The van der Waals surface area contributed by atoms with Crippen LogP contribution < -0.4 is 10.6 Å². The minimum Gasteiger partial charge on any atom is -0.545 e. The van der Waals surface area contributed by atoms with Gasteiger partial charge in [-0.2, -0.15) is 0 Å². The monoisotopic (exact) mass is 306 g/mol. The van der Waals surface area contributed by atoms with E-state index >= 15 is 0 Å². The van der Waals surface area contributed by atoms with Crippen LogP contribution in [0.1, 0.15) is 39.2 Å². The average molecular weight is 306 g/mol. The number of carbonyl (C=O) groups excluding carboxylic acids is 2. The minimum atomic E-state index is -1.09. The summed E-state index contributed by atoms with van der Waals surface area (Å²) in [6.07, 6.45) is 3.67. The fourth-order valence-electron chi connectivity index (χ4n) is 1.34. The second-order valence-corrected chi connectivity index (χ2v) is 4.62. The van der Waals surface area contributed by atoms with Crippen molar-refractivity contribution in [1.29, 1.82) is 0 Å². The molecule has 0 aliphatic rings. The van der Waals surface area contributed by atoms with Gasteiger partial charge in [0.15, 0.2) is 0 Å². The summed E-state index contributed by atoms with van der Waals surface area (Å²) in [5.41, 5.74) is 3.90. The first-order chi connectivity index (χ1) is 10.5. The van der Waals surface area contributed by atoms with E-state index in [0.717, 1.165) is 12.8 Å². The standard InChI is InChI=1S/C12H17NO2.C5H8O2/c1-2-6-12(14)13-15-10-9-11-7-4-3-5-8-11;1-3-4(2)5(6)7/h3-5,7-8H,2,6,9-10H2,1H3,(H,13,14);3H,1-2H3,(H,6,7)/p-1/b;4-3+. The largest absolute Gasteiger partial charge is 0.545 e. The van der Waals surface area contributed by atoms with Crippen molar-refractivity contribution < 1.29 is 19.5 Å². The maximum atomic E-state index is 11.0. The molecule has 1 rings (SSSR count). The topological polar surface area (TPSA) is 78.5 Å². The lowest BCUT2D eigenvalue weighted by molar-refractivity contribution is -0.299. The molecule has 0 radical (unpaired) electrons. The number of carbonyl (C=O) groups is 2. The summed E-state index contributed by atoms with van der Waals surface area (Å²) in [7, 11) is 0. The first-order valence-corrected chi connectivity index (χ1v) is 7.30. The summed E-state index contributed by atoms with van der Waals surface area (Å²) in [4.78, 5) is 25.8. The molecule has 0 aliphatic heterocycles. The first kappa shape index (κ1) is 19.9. The Morgan fingerprint density at radius 1 is 1.27 bits per heavy atom. The molecule has 0 heterocycles. The third-order valence-corrected chi connectivity index (χ3v) is 2.75. The van der Waals surface area contributed by atoms with Crippen molar-refractivity contribution in [3.8, 4) is 0 Å². The molecule has 0 aromatic heterocycles. The van der Waals surface area contributed by atoms with Gasteiger partial charge in [0, 0.05) is 6.42 Å². The Balaban J connectivity index is 0.000000534. The van der Waals surface area contributed by atoms with Crippen LogP contribution in [-0.2, 0) is 20.8 Å². The minimum absolute atomic E-state index is 0.0504. The van der Waals surface area contributed by atoms with Crippen LogP contribution >= 0.6 is 0 Å². The van der Waals surface area contributed by atoms with Gasteiger partial charge >= 0.3 is 0 Å². The van der Waals surface area contributed by atoms with Crippen molar-refractivity contribution in [1.82, 2.24) is 5.48 Å². The number of hydroxylamine groups is 1. The third-order valence-electron chi connectivity index (χ3n) is 2.75. The highest BCUT2D eigenvalue weighted by Crippen LogP contribution is 1.98. The molecule has 0 saturated carbocycles. The van der Waals surface area contributed by atoms with E-state index in [2.05, 4.69) is 5.48 Å². The Bertz CT molecular complexity index is 469. The molecule has 122 valence electrons. The highest BCUT2D eigenvalue weighted by molar-refractivity contribution is 5.83. The Kier molecular flexibility index (Phi) is 11.4. The number of carboxylic acids is 1. The van der Waals surface area contributed by atoms with Crippen molar-refractivity contribution in [2.75, 3.05) is 6.61 Å². The van der Waals surface area contributed by atoms with Crippen LogP contribution in [-0.4, -0.2) is 18.5 Å². The van der Waals surface area contributed by atoms with Crippen molar-refractivity contribution in [3.63, 3.8) is 0 Å². The Hall–Kier alpha value is -2.14. The van der Waals surface area contributed by atoms with E-state index in [-0.39, 0.29) is 11.5 Å². The molecule has 0 aliphatic carbocycles. The summed E-state index contributed by atoms with van der Waals surface area (Å²) < 4.78 is 0. The fraction of sp³-hybridized carbons (Fsp3) is 0.412. The van der Waals surface area contributed by atoms with Crippen LogP contribution in [0.3, 0.4) is 0 Å². The number of aliphatic carboxylic acids is 1. The number of carboxylic acid groups (broad SMARTS) is 1. The zero-order valence-corrected chi connectivity index (χ0v) is 13.4. The van der Waals surface area contributed by atoms with Crippen LogP contribution in [0.5, 0.6) is 0 Å². The lowest BCUT2D eigenvalue weighted by atomic mass is 10.2. The van der Waals surface area contributed by atoms with E-state index in [9.17, 15) is 14.7 Å². The summed E-state index contributed by atoms with van der Waals surface area (Å²) in [5, 5.41) is 9.75. The van der Waals surface area contributed by atoms with Crippen LogP contribution in [0, 0.1) is 0 Å². The predicted octanol–water partition coefficient (Wildman–Crippen LogP) is 1.78. The summed E-state index contributed by atoms with van der Waals surface area (Å²) in [5.74, 6) is -1.15. The number of allylic oxidation sites excluding steroid dienone is 1. The van der Waals surface area contributed by atoms with Gasteiger partial charge in [0.1, 0.15) is 0 Å². The van der Waals surface area contributed by atoms with E-state index in [1.165, 1.54) is 18.6 Å². The van der Waals surface area contributed by atoms with Gasteiger partial charge < -0.3 is 9.90 Å². The van der Waals surface area contributed by atoms with Gasteiger partial charge in [-0.05, 0) is 37.8 Å². The average Bonchev–Trinajstić information content (AvgIpc) is 2.52. The molecule has 0 unspecified atom stereocenters. The molecule has 0 bridgehead atoms. The molecule has 5 nitrogen and oxygen atoms in total. The second kappa shape index (κ2) is 12.6. The zero-order valence-electron chi connectivity index (χ0n) is 13.4. The van der Waals surface area contributed by atoms with Crippen molar-refractivity contribution in [2.45, 2.75) is 40.0 Å². The normalized spacial score (nSPS) is 10.4. The smallest absolute Gasteiger partial charge is 0.243 e. The molecule has 22 heavy (non-hydrogen) atoms. The molecular weight excluding hydrogens is 282 g/mol. The van der Waals surface area contributed by atoms with E-state index in [1.54, 1.807) is 6.92 Å². The number of rotatable bonds is 7. The van der Waals surface area contributed by atoms with Crippen LogP contribution in [0.4, 0.5) is 0 Å². The fourth-order valence-corrected chi connectivity index (χ4v) is 1.34. The number of hydrogen-bond donors (Lipinski definition) is 1. The van der Waals surface area contributed by atoms with Crippen LogP contribution in [0.25, 0.3) is 0 Å². The quantitative estimate of drug-likeness (QED) is 0.473. The molecular formula is C17H24NO4-. The Morgan fingerprint density at radius 3 is 2.36 bits per heavy atom. The number of nitrogens with one attached hydrogen (secondary N) is 1. The molecule has 5 heteroatoms.